The predicted molar refractivity (Wildman–Crippen MR) is 30.7 cm³/mol. The molecule has 0 aromatic rings. The molecule has 0 saturated heterocycles. The van der Waals surface area contributed by atoms with Crippen molar-refractivity contribution in [3.05, 3.63) is 0 Å². The first-order valence-electron chi connectivity index (χ1n) is 3.57. The highest BCUT2D eigenvalue weighted by atomic mass is 19.3. The molecule has 2 atom stereocenters. The van der Waals surface area contributed by atoms with Gasteiger partial charge in [-0.15, -0.1) is 0 Å². The number of halogens is 4. The standard InChI is InChI=1S/C7H8F4/c1-5-2-4(5)3-6(8,9)7(5,10)11/h4H,2-3H2,1H3/t4-,5-/m1/s1. The van der Waals surface area contributed by atoms with Gasteiger partial charge in [0.2, 0.25) is 0 Å². The molecule has 2 fully saturated rings. The molecule has 0 unspecified atom stereocenters. The smallest absolute Gasteiger partial charge is 0.200 e. The first-order valence-corrected chi connectivity index (χ1v) is 3.57. The zero-order valence-corrected chi connectivity index (χ0v) is 6.00. The summed E-state index contributed by atoms with van der Waals surface area (Å²) in [5.74, 6) is -7.98. The molecule has 0 nitrogen and oxygen atoms in total. The largest absolute Gasteiger partial charge is 0.315 e. The Balaban J connectivity index is 2.38. The van der Waals surface area contributed by atoms with Crippen molar-refractivity contribution in [1.29, 1.82) is 0 Å². The highest BCUT2D eigenvalue weighted by molar-refractivity contribution is 5.19. The monoisotopic (exact) mass is 168 g/mol. The Morgan fingerprint density at radius 3 is 1.82 bits per heavy atom. The molecular formula is C7H8F4. The molecule has 0 aliphatic heterocycles. The zero-order valence-electron chi connectivity index (χ0n) is 6.00. The van der Waals surface area contributed by atoms with E-state index >= 15 is 0 Å². The summed E-state index contributed by atoms with van der Waals surface area (Å²) in [5, 5.41) is 0. The SMILES string of the molecule is C[C@@]12C[C@@H]1CC(F)(F)C2(F)F. The van der Waals surface area contributed by atoms with Gasteiger partial charge in [-0.3, -0.25) is 0 Å². The molecule has 0 radical (unpaired) electrons. The van der Waals surface area contributed by atoms with Crippen molar-refractivity contribution < 1.29 is 17.6 Å². The molecule has 4 heteroatoms. The van der Waals surface area contributed by atoms with E-state index < -0.39 is 29.6 Å². The number of hydrogen-bond donors (Lipinski definition) is 0. The van der Waals surface area contributed by atoms with Crippen LogP contribution in [-0.2, 0) is 0 Å². The van der Waals surface area contributed by atoms with Gasteiger partial charge in [-0.1, -0.05) is 6.92 Å². The molecule has 0 bridgehead atoms. The molecule has 0 heterocycles. The molecule has 0 N–H and O–H groups in total. The molecule has 2 aliphatic rings. The van der Waals surface area contributed by atoms with Crippen LogP contribution in [0.4, 0.5) is 17.6 Å². The van der Waals surface area contributed by atoms with Gasteiger partial charge >= 0.3 is 11.8 Å². The average molecular weight is 168 g/mol. The zero-order chi connectivity index (χ0) is 8.49. The summed E-state index contributed by atoms with van der Waals surface area (Å²) >= 11 is 0. The van der Waals surface area contributed by atoms with Crippen LogP contribution in [-0.4, -0.2) is 11.8 Å². The fraction of sp³-hybridized carbons (Fsp3) is 1.00. The molecule has 0 aromatic heterocycles. The average Bonchev–Trinajstić information content (AvgIpc) is 2.37. The van der Waals surface area contributed by atoms with Crippen LogP contribution in [0.2, 0.25) is 0 Å². The van der Waals surface area contributed by atoms with Gasteiger partial charge in [0, 0.05) is 11.8 Å². The van der Waals surface area contributed by atoms with E-state index in [1.807, 2.05) is 0 Å². The van der Waals surface area contributed by atoms with Gasteiger partial charge in [-0.25, -0.2) is 0 Å². The lowest BCUT2D eigenvalue weighted by molar-refractivity contribution is -0.220. The molecule has 2 saturated carbocycles. The Bertz CT molecular complexity index is 204. The summed E-state index contributed by atoms with van der Waals surface area (Å²) in [6.07, 6.45) is -0.369. The highest BCUT2D eigenvalue weighted by Gasteiger charge is 2.82. The van der Waals surface area contributed by atoms with Crippen LogP contribution in [0.5, 0.6) is 0 Å². The second-order valence-electron chi connectivity index (χ2n) is 3.80. The maximum atomic E-state index is 12.8. The summed E-state index contributed by atoms with van der Waals surface area (Å²) in [6, 6.07) is 0. The lowest BCUT2D eigenvalue weighted by Gasteiger charge is -2.25. The first kappa shape index (κ1) is 7.37. The second kappa shape index (κ2) is 1.43. The lowest BCUT2D eigenvalue weighted by atomic mass is 10.0. The van der Waals surface area contributed by atoms with Crippen molar-refractivity contribution in [3.63, 3.8) is 0 Å². The molecule has 2 aliphatic carbocycles. The third-order valence-electron chi connectivity index (χ3n) is 3.09. The minimum absolute atomic E-state index is 0.260. The van der Waals surface area contributed by atoms with Gasteiger partial charge in [0.05, 0.1) is 0 Å². The minimum atomic E-state index is -3.77. The van der Waals surface area contributed by atoms with Crippen LogP contribution in [0.25, 0.3) is 0 Å². The molecule has 0 aromatic carbocycles. The van der Waals surface area contributed by atoms with E-state index in [2.05, 4.69) is 0 Å². The molecular weight excluding hydrogens is 160 g/mol. The van der Waals surface area contributed by atoms with Crippen molar-refractivity contribution >= 4 is 0 Å². The lowest BCUT2D eigenvalue weighted by Crippen LogP contribution is -2.42. The topological polar surface area (TPSA) is 0 Å². The van der Waals surface area contributed by atoms with Crippen molar-refractivity contribution in [1.82, 2.24) is 0 Å². The molecule has 11 heavy (non-hydrogen) atoms. The predicted octanol–water partition coefficient (Wildman–Crippen LogP) is 2.69. The van der Waals surface area contributed by atoms with Crippen LogP contribution in [0.15, 0.2) is 0 Å². The summed E-state index contributed by atoms with van der Waals surface area (Å²) in [7, 11) is 0. The maximum Gasteiger partial charge on any atom is 0.315 e. The summed E-state index contributed by atoms with van der Waals surface area (Å²) in [5.41, 5.74) is -1.39. The van der Waals surface area contributed by atoms with Crippen molar-refractivity contribution in [3.8, 4) is 0 Å². The van der Waals surface area contributed by atoms with E-state index in [9.17, 15) is 17.6 Å². The summed E-state index contributed by atoms with van der Waals surface area (Å²) in [6.45, 7) is 1.25. The number of hydrogen-bond acceptors (Lipinski definition) is 0. The van der Waals surface area contributed by atoms with Crippen LogP contribution in [0.3, 0.4) is 0 Å². The molecule has 0 spiro atoms. The first-order chi connectivity index (χ1) is 4.81. The fourth-order valence-electron chi connectivity index (χ4n) is 1.99. The Hall–Kier alpha value is -0.280. The number of fused-ring (bicyclic) bond motifs is 1. The van der Waals surface area contributed by atoms with Crippen LogP contribution in [0, 0.1) is 11.3 Å². The van der Waals surface area contributed by atoms with E-state index in [0.717, 1.165) is 0 Å². The summed E-state index contributed by atoms with van der Waals surface area (Å²) in [4.78, 5) is 0. The quantitative estimate of drug-likeness (QED) is 0.488. The van der Waals surface area contributed by atoms with Gasteiger partial charge in [-0.05, 0) is 12.3 Å². The normalized spacial score (nSPS) is 50.5. The fourth-order valence-corrected chi connectivity index (χ4v) is 1.99. The second-order valence-corrected chi connectivity index (χ2v) is 3.80. The van der Waals surface area contributed by atoms with Crippen LogP contribution >= 0.6 is 0 Å². The van der Waals surface area contributed by atoms with E-state index in [1.165, 1.54) is 6.92 Å². The maximum absolute atomic E-state index is 12.8. The van der Waals surface area contributed by atoms with Gasteiger partial charge in [0.15, 0.2) is 0 Å². The van der Waals surface area contributed by atoms with Gasteiger partial charge < -0.3 is 0 Å². The van der Waals surface area contributed by atoms with E-state index in [-0.39, 0.29) is 6.42 Å². The van der Waals surface area contributed by atoms with E-state index in [4.69, 9.17) is 0 Å². The van der Waals surface area contributed by atoms with Gasteiger partial charge in [0.1, 0.15) is 0 Å². The van der Waals surface area contributed by atoms with Crippen molar-refractivity contribution in [2.45, 2.75) is 31.6 Å². The van der Waals surface area contributed by atoms with Crippen molar-refractivity contribution in [2.24, 2.45) is 11.3 Å². The summed E-state index contributed by atoms with van der Waals surface area (Å²) < 4.78 is 50.6. The molecule has 0 amide bonds. The number of rotatable bonds is 0. The van der Waals surface area contributed by atoms with Gasteiger partial charge in [-0.2, -0.15) is 17.6 Å². The molecule has 64 valence electrons. The van der Waals surface area contributed by atoms with Crippen molar-refractivity contribution in [2.75, 3.05) is 0 Å². The Morgan fingerprint density at radius 2 is 1.64 bits per heavy atom. The van der Waals surface area contributed by atoms with Crippen LogP contribution < -0.4 is 0 Å². The van der Waals surface area contributed by atoms with Gasteiger partial charge in [0.25, 0.3) is 0 Å². The third kappa shape index (κ3) is 0.576. The highest BCUT2D eigenvalue weighted by Crippen LogP contribution is 2.74. The third-order valence-corrected chi connectivity index (χ3v) is 3.09. The number of alkyl halides is 4. The van der Waals surface area contributed by atoms with Crippen LogP contribution in [0.1, 0.15) is 19.8 Å². The Kier molecular flexibility index (Phi) is 0.960. The minimum Gasteiger partial charge on any atom is -0.200 e. The Labute approximate surface area is 61.6 Å². The Morgan fingerprint density at radius 1 is 1.09 bits per heavy atom. The molecule has 2 rings (SSSR count). The van der Waals surface area contributed by atoms with E-state index in [0.29, 0.717) is 0 Å². The van der Waals surface area contributed by atoms with E-state index in [1.54, 1.807) is 0 Å².